The molecule has 2 N–H and O–H groups in total. The van der Waals surface area contributed by atoms with E-state index in [0.717, 1.165) is 40.9 Å². The zero-order valence-corrected chi connectivity index (χ0v) is 25.4. The number of nitrogens with zero attached hydrogens (tertiary/aromatic N) is 2. The van der Waals surface area contributed by atoms with E-state index in [-0.39, 0.29) is 33.4 Å². The molecule has 0 saturated carbocycles. The van der Waals surface area contributed by atoms with E-state index in [1.165, 1.54) is 7.11 Å². The summed E-state index contributed by atoms with van der Waals surface area (Å²) in [4.78, 5) is 31.4. The number of pyridine rings is 1. The Hall–Kier alpha value is -4.70. The molecule has 1 amide bonds. The minimum absolute atomic E-state index is 0.218. The van der Waals surface area contributed by atoms with Crippen molar-refractivity contribution in [3.8, 4) is 22.9 Å². The summed E-state index contributed by atoms with van der Waals surface area (Å²) in [5, 5.41) is 17.3. The van der Waals surface area contributed by atoms with Crippen molar-refractivity contribution < 1.29 is 14.3 Å². The van der Waals surface area contributed by atoms with E-state index < -0.39 is 11.7 Å². The van der Waals surface area contributed by atoms with E-state index in [2.05, 4.69) is 42.5 Å². The summed E-state index contributed by atoms with van der Waals surface area (Å²) in [6, 6.07) is 20.6. The van der Waals surface area contributed by atoms with Crippen LogP contribution in [0.5, 0.6) is 5.75 Å². The molecule has 7 heteroatoms. The molecule has 0 aliphatic rings. The summed E-state index contributed by atoms with van der Waals surface area (Å²) in [5.74, 6) is -0.471. The maximum Gasteiger partial charge on any atom is 0.296 e. The molecule has 0 radical (unpaired) electrons. The van der Waals surface area contributed by atoms with Crippen LogP contribution < -0.4 is 15.4 Å². The van der Waals surface area contributed by atoms with Crippen LogP contribution in [0.3, 0.4) is 0 Å². The molecule has 0 aliphatic heterocycles. The number of aromatic nitrogens is 1. The standard InChI is InChI=1S/C35H38N4O3/c1-34(2,3)16-17-37-30-15-12-22(21-38-30)25-13-14-28(27-11-9-8-10-26(25)27)31(40)33(41)39-29-19-24(35(4,5)6)18-23(20-36)32(29)42-7/h8-15,18-19,21H,16-17H2,1-7H3,(H,37,38)(H,39,41). The number of nitriles is 1. The molecule has 1 heterocycles. The van der Waals surface area contributed by atoms with E-state index in [9.17, 15) is 14.9 Å². The number of anilines is 2. The lowest BCUT2D eigenvalue weighted by Gasteiger charge is -2.22. The first-order valence-electron chi connectivity index (χ1n) is 14.0. The molecule has 0 spiro atoms. The topological polar surface area (TPSA) is 104 Å². The molecular weight excluding hydrogens is 524 g/mol. The Bertz CT molecular complexity index is 1670. The minimum Gasteiger partial charge on any atom is -0.493 e. The largest absolute Gasteiger partial charge is 0.493 e. The van der Waals surface area contributed by atoms with Crippen LogP contribution in [0, 0.1) is 16.7 Å². The molecule has 0 saturated heterocycles. The Morgan fingerprint density at radius 2 is 1.67 bits per heavy atom. The molecule has 0 bridgehead atoms. The Labute approximate surface area is 247 Å². The van der Waals surface area contributed by atoms with Gasteiger partial charge < -0.3 is 15.4 Å². The zero-order chi connectivity index (χ0) is 30.7. The third kappa shape index (κ3) is 6.77. The fourth-order valence-corrected chi connectivity index (χ4v) is 4.73. The molecule has 4 aromatic rings. The predicted molar refractivity (Wildman–Crippen MR) is 169 cm³/mol. The van der Waals surface area contributed by atoms with Gasteiger partial charge in [-0.1, -0.05) is 71.9 Å². The fraction of sp³-hybridized carbons (Fsp3) is 0.314. The van der Waals surface area contributed by atoms with Crippen LogP contribution in [0.15, 0.2) is 66.9 Å². The molecular formula is C35H38N4O3. The lowest BCUT2D eigenvalue weighted by atomic mass is 9.85. The summed E-state index contributed by atoms with van der Waals surface area (Å²) in [6.45, 7) is 13.5. The van der Waals surface area contributed by atoms with Crippen molar-refractivity contribution in [3.05, 3.63) is 83.6 Å². The van der Waals surface area contributed by atoms with Gasteiger partial charge in [-0.05, 0) is 69.5 Å². The number of carbonyl (C=O) groups excluding carboxylic acids is 2. The third-order valence-corrected chi connectivity index (χ3v) is 7.16. The smallest absolute Gasteiger partial charge is 0.296 e. The summed E-state index contributed by atoms with van der Waals surface area (Å²) in [5.41, 5.74) is 3.45. The van der Waals surface area contributed by atoms with Crippen molar-refractivity contribution in [2.45, 2.75) is 53.4 Å². The highest BCUT2D eigenvalue weighted by atomic mass is 16.5. The van der Waals surface area contributed by atoms with Gasteiger partial charge in [-0.15, -0.1) is 0 Å². The predicted octanol–water partition coefficient (Wildman–Crippen LogP) is 7.75. The second-order valence-electron chi connectivity index (χ2n) is 12.6. The van der Waals surface area contributed by atoms with Gasteiger partial charge in [-0.2, -0.15) is 5.26 Å². The van der Waals surface area contributed by atoms with Crippen molar-refractivity contribution >= 4 is 34.0 Å². The maximum atomic E-state index is 13.5. The van der Waals surface area contributed by atoms with Crippen LogP contribution in [0.25, 0.3) is 21.9 Å². The number of fused-ring (bicyclic) bond motifs is 1. The molecule has 4 rings (SSSR count). The lowest BCUT2D eigenvalue weighted by molar-refractivity contribution is -0.112. The van der Waals surface area contributed by atoms with Crippen LogP contribution in [0.4, 0.5) is 11.5 Å². The number of hydrogen-bond acceptors (Lipinski definition) is 6. The second kappa shape index (κ2) is 12.0. The molecule has 3 aromatic carbocycles. The van der Waals surface area contributed by atoms with Gasteiger partial charge in [0.05, 0.1) is 18.4 Å². The van der Waals surface area contributed by atoms with E-state index >= 15 is 0 Å². The van der Waals surface area contributed by atoms with E-state index in [4.69, 9.17) is 4.74 Å². The second-order valence-corrected chi connectivity index (χ2v) is 12.6. The number of carbonyl (C=O) groups is 2. The lowest BCUT2D eigenvalue weighted by Crippen LogP contribution is -2.24. The number of ketones is 1. The van der Waals surface area contributed by atoms with Crippen LogP contribution in [0.2, 0.25) is 0 Å². The molecule has 42 heavy (non-hydrogen) atoms. The average Bonchev–Trinajstić information content (AvgIpc) is 2.95. The first kappa shape index (κ1) is 30.3. The molecule has 0 aliphatic carbocycles. The van der Waals surface area contributed by atoms with Gasteiger partial charge in [0.15, 0.2) is 5.75 Å². The molecule has 1 aromatic heterocycles. The molecule has 7 nitrogen and oxygen atoms in total. The summed E-state index contributed by atoms with van der Waals surface area (Å²) in [6.07, 6.45) is 2.84. The molecule has 0 atom stereocenters. The number of nitrogens with one attached hydrogen (secondary N) is 2. The first-order valence-corrected chi connectivity index (χ1v) is 14.0. The number of methoxy groups -OCH3 is 1. The normalized spacial score (nSPS) is 11.6. The Kier molecular flexibility index (Phi) is 8.67. The van der Waals surface area contributed by atoms with Crippen molar-refractivity contribution in [2.75, 3.05) is 24.3 Å². The van der Waals surface area contributed by atoms with E-state index in [1.807, 2.05) is 69.4 Å². The number of benzene rings is 3. The van der Waals surface area contributed by atoms with Crippen LogP contribution >= 0.6 is 0 Å². The summed E-state index contributed by atoms with van der Waals surface area (Å²) >= 11 is 0. The SMILES string of the molecule is COc1c(C#N)cc(C(C)(C)C)cc1NC(=O)C(=O)c1ccc(-c2ccc(NCCC(C)(C)C)nc2)c2ccccc12. The van der Waals surface area contributed by atoms with Crippen LogP contribution in [-0.4, -0.2) is 30.3 Å². The van der Waals surface area contributed by atoms with Crippen LogP contribution in [0.1, 0.15) is 69.4 Å². The fourth-order valence-electron chi connectivity index (χ4n) is 4.73. The Morgan fingerprint density at radius 3 is 2.26 bits per heavy atom. The highest BCUT2D eigenvalue weighted by Gasteiger charge is 2.25. The van der Waals surface area contributed by atoms with Crippen molar-refractivity contribution in [1.29, 1.82) is 5.26 Å². The Morgan fingerprint density at radius 1 is 0.952 bits per heavy atom. The molecule has 0 fully saturated rings. The number of hydrogen-bond donors (Lipinski definition) is 2. The maximum absolute atomic E-state index is 13.5. The van der Waals surface area contributed by atoms with E-state index in [0.29, 0.717) is 5.39 Å². The van der Waals surface area contributed by atoms with Gasteiger partial charge in [0.25, 0.3) is 11.7 Å². The Balaban J connectivity index is 1.63. The number of ether oxygens (including phenoxy) is 1. The number of Topliss-reactive ketones (excluding diaryl/α,β-unsaturated/α-hetero) is 1. The summed E-state index contributed by atoms with van der Waals surface area (Å²) < 4.78 is 5.44. The van der Waals surface area contributed by atoms with Gasteiger partial charge in [0, 0.05) is 23.9 Å². The van der Waals surface area contributed by atoms with Gasteiger partial charge in [0.1, 0.15) is 11.9 Å². The van der Waals surface area contributed by atoms with Crippen LogP contribution in [-0.2, 0) is 10.2 Å². The first-order chi connectivity index (χ1) is 19.8. The molecule has 216 valence electrons. The zero-order valence-electron chi connectivity index (χ0n) is 25.4. The van der Waals surface area contributed by atoms with E-state index in [1.54, 1.807) is 18.2 Å². The number of amides is 1. The average molecular weight is 563 g/mol. The van der Waals surface area contributed by atoms with Crippen molar-refractivity contribution in [3.63, 3.8) is 0 Å². The van der Waals surface area contributed by atoms with Gasteiger partial charge in [0.2, 0.25) is 0 Å². The number of rotatable bonds is 8. The van der Waals surface area contributed by atoms with Gasteiger partial charge >= 0.3 is 0 Å². The van der Waals surface area contributed by atoms with Crippen molar-refractivity contribution in [1.82, 2.24) is 4.98 Å². The highest BCUT2D eigenvalue weighted by molar-refractivity contribution is 6.48. The van der Waals surface area contributed by atoms with Gasteiger partial charge in [-0.25, -0.2) is 4.98 Å². The summed E-state index contributed by atoms with van der Waals surface area (Å²) in [7, 11) is 1.43. The monoisotopic (exact) mass is 562 g/mol. The van der Waals surface area contributed by atoms with Gasteiger partial charge in [-0.3, -0.25) is 9.59 Å². The third-order valence-electron chi connectivity index (χ3n) is 7.16. The highest BCUT2D eigenvalue weighted by Crippen LogP contribution is 2.36. The minimum atomic E-state index is -0.812. The van der Waals surface area contributed by atoms with Crippen molar-refractivity contribution in [2.24, 2.45) is 5.41 Å². The quantitative estimate of drug-likeness (QED) is 0.168. The molecule has 0 unspecified atom stereocenters.